The Kier molecular flexibility index (Phi) is 4.30. The van der Waals surface area contributed by atoms with Crippen molar-refractivity contribution in [2.45, 2.75) is 13.0 Å². The molecule has 0 radical (unpaired) electrons. The number of benzene rings is 2. The Morgan fingerprint density at radius 2 is 1.80 bits per heavy atom. The maximum absolute atomic E-state index is 13.4. The van der Waals surface area contributed by atoms with Crippen molar-refractivity contribution in [1.29, 1.82) is 0 Å². The van der Waals surface area contributed by atoms with Crippen LogP contribution in [0.5, 0.6) is 5.75 Å². The number of carboxylic acid groups (broad SMARTS) is 1. The van der Waals surface area contributed by atoms with E-state index in [1.54, 1.807) is 24.3 Å². The van der Waals surface area contributed by atoms with Crippen molar-refractivity contribution in [3.8, 4) is 5.75 Å². The lowest BCUT2D eigenvalue weighted by molar-refractivity contribution is -0.136. The van der Waals surface area contributed by atoms with Gasteiger partial charge in [0.05, 0.1) is 6.42 Å². The highest BCUT2D eigenvalue weighted by atomic mass is 19.1. The van der Waals surface area contributed by atoms with E-state index in [9.17, 15) is 13.6 Å². The molecule has 0 heterocycles. The van der Waals surface area contributed by atoms with Gasteiger partial charge in [0.25, 0.3) is 0 Å². The summed E-state index contributed by atoms with van der Waals surface area (Å²) in [7, 11) is 0. The molecule has 0 saturated carbocycles. The summed E-state index contributed by atoms with van der Waals surface area (Å²) in [5.74, 6) is -2.42. The Hall–Kier alpha value is -2.43. The van der Waals surface area contributed by atoms with Crippen molar-refractivity contribution in [1.82, 2.24) is 0 Å². The van der Waals surface area contributed by atoms with Gasteiger partial charge in [0.1, 0.15) is 12.4 Å². The first-order valence-electron chi connectivity index (χ1n) is 5.92. The third kappa shape index (κ3) is 3.54. The zero-order valence-corrected chi connectivity index (χ0v) is 10.5. The van der Waals surface area contributed by atoms with Gasteiger partial charge in [-0.3, -0.25) is 4.79 Å². The minimum Gasteiger partial charge on any atom is -0.486 e. The summed E-state index contributed by atoms with van der Waals surface area (Å²) < 4.78 is 31.6. The normalized spacial score (nSPS) is 10.3. The molecule has 3 nitrogen and oxygen atoms in total. The van der Waals surface area contributed by atoms with E-state index >= 15 is 0 Å². The quantitative estimate of drug-likeness (QED) is 0.913. The Bertz CT molecular complexity index is 626. The summed E-state index contributed by atoms with van der Waals surface area (Å²) in [4.78, 5) is 10.7. The van der Waals surface area contributed by atoms with Crippen molar-refractivity contribution >= 4 is 5.97 Å². The molecule has 0 aliphatic rings. The van der Waals surface area contributed by atoms with Gasteiger partial charge in [-0.2, -0.15) is 0 Å². The number of aliphatic carboxylic acids is 1. The largest absolute Gasteiger partial charge is 0.486 e. The van der Waals surface area contributed by atoms with Crippen LogP contribution in [-0.2, 0) is 17.8 Å². The van der Waals surface area contributed by atoms with Crippen LogP contribution in [-0.4, -0.2) is 11.1 Å². The molecule has 104 valence electrons. The smallest absolute Gasteiger partial charge is 0.307 e. The van der Waals surface area contributed by atoms with E-state index in [1.807, 2.05) is 0 Å². The summed E-state index contributed by atoms with van der Waals surface area (Å²) in [6, 6.07) is 9.73. The van der Waals surface area contributed by atoms with Gasteiger partial charge in [-0.15, -0.1) is 0 Å². The van der Waals surface area contributed by atoms with E-state index in [0.29, 0.717) is 11.1 Å². The van der Waals surface area contributed by atoms with Crippen LogP contribution in [0.2, 0.25) is 0 Å². The van der Waals surface area contributed by atoms with E-state index in [0.717, 1.165) is 18.2 Å². The fraction of sp³-hybridized carbons (Fsp3) is 0.133. The topological polar surface area (TPSA) is 46.5 Å². The number of halogens is 2. The van der Waals surface area contributed by atoms with Crippen LogP contribution in [0.25, 0.3) is 0 Å². The van der Waals surface area contributed by atoms with Gasteiger partial charge >= 0.3 is 5.97 Å². The number of hydrogen-bond acceptors (Lipinski definition) is 2. The molecule has 0 aliphatic carbocycles. The van der Waals surface area contributed by atoms with Crippen molar-refractivity contribution < 1.29 is 23.4 Å². The first-order valence-corrected chi connectivity index (χ1v) is 5.92. The molecule has 20 heavy (non-hydrogen) atoms. The summed E-state index contributed by atoms with van der Waals surface area (Å²) >= 11 is 0. The van der Waals surface area contributed by atoms with Crippen LogP contribution < -0.4 is 4.74 Å². The molecule has 0 aliphatic heterocycles. The van der Waals surface area contributed by atoms with Crippen LogP contribution in [0.15, 0.2) is 42.5 Å². The molecule has 0 atom stereocenters. The summed E-state index contributed by atoms with van der Waals surface area (Å²) in [5, 5.41) is 8.81. The Labute approximate surface area is 114 Å². The molecule has 1 N–H and O–H groups in total. The summed E-state index contributed by atoms with van der Waals surface area (Å²) in [6.07, 6.45) is -0.148. The summed E-state index contributed by atoms with van der Waals surface area (Å²) in [6.45, 7) is -0.0240. The second-order valence-corrected chi connectivity index (χ2v) is 4.20. The Morgan fingerprint density at radius 3 is 2.50 bits per heavy atom. The van der Waals surface area contributed by atoms with Gasteiger partial charge < -0.3 is 9.84 Å². The molecule has 5 heteroatoms. The number of ether oxygens (including phenoxy) is 1. The molecule has 0 aromatic heterocycles. The van der Waals surface area contributed by atoms with E-state index < -0.39 is 17.6 Å². The van der Waals surface area contributed by atoms with E-state index in [4.69, 9.17) is 9.84 Å². The first-order chi connectivity index (χ1) is 9.56. The van der Waals surface area contributed by atoms with Gasteiger partial charge in [-0.05, 0) is 23.3 Å². The highest BCUT2D eigenvalue weighted by Gasteiger charge is 2.09. The lowest BCUT2D eigenvalue weighted by Gasteiger charge is -2.10. The molecule has 2 aromatic rings. The highest BCUT2D eigenvalue weighted by Crippen LogP contribution is 2.20. The van der Waals surface area contributed by atoms with E-state index in [2.05, 4.69) is 0 Å². The van der Waals surface area contributed by atoms with Crippen molar-refractivity contribution in [2.24, 2.45) is 0 Å². The number of hydrogen-bond donors (Lipinski definition) is 1. The molecular formula is C15H12F2O3. The second-order valence-electron chi connectivity index (χ2n) is 4.20. The average Bonchev–Trinajstić information content (AvgIpc) is 2.41. The van der Waals surface area contributed by atoms with Crippen LogP contribution in [0.3, 0.4) is 0 Å². The zero-order valence-electron chi connectivity index (χ0n) is 10.5. The van der Waals surface area contributed by atoms with Crippen molar-refractivity contribution in [3.05, 3.63) is 65.2 Å². The number of rotatable bonds is 5. The van der Waals surface area contributed by atoms with Gasteiger partial charge in [-0.25, -0.2) is 8.78 Å². The van der Waals surface area contributed by atoms with Gasteiger partial charge in [-0.1, -0.05) is 24.3 Å². The SMILES string of the molecule is O=C(O)Cc1ccccc1COc1cc(F)ccc1F. The maximum atomic E-state index is 13.4. The second kappa shape index (κ2) is 6.14. The first kappa shape index (κ1) is 14.0. The Morgan fingerprint density at radius 1 is 1.10 bits per heavy atom. The molecule has 0 bridgehead atoms. The van der Waals surface area contributed by atoms with Crippen molar-refractivity contribution in [3.63, 3.8) is 0 Å². The lowest BCUT2D eigenvalue weighted by Crippen LogP contribution is -2.06. The van der Waals surface area contributed by atoms with Crippen LogP contribution in [0.1, 0.15) is 11.1 Å². The lowest BCUT2D eigenvalue weighted by atomic mass is 10.1. The highest BCUT2D eigenvalue weighted by molar-refractivity contribution is 5.70. The van der Waals surface area contributed by atoms with Gasteiger partial charge in [0.2, 0.25) is 0 Å². The number of carboxylic acids is 1. The van der Waals surface area contributed by atoms with Crippen LogP contribution in [0, 0.1) is 11.6 Å². The molecular weight excluding hydrogens is 266 g/mol. The predicted molar refractivity (Wildman–Crippen MR) is 68.5 cm³/mol. The van der Waals surface area contributed by atoms with Gasteiger partial charge in [0.15, 0.2) is 11.6 Å². The Balaban J connectivity index is 2.14. The predicted octanol–water partition coefficient (Wildman–Crippen LogP) is 3.17. The maximum Gasteiger partial charge on any atom is 0.307 e. The average molecular weight is 278 g/mol. The van der Waals surface area contributed by atoms with Crippen LogP contribution in [0.4, 0.5) is 8.78 Å². The van der Waals surface area contributed by atoms with Gasteiger partial charge in [0, 0.05) is 6.07 Å². The number of carbonyl (C=O) groups is 1. The monoisotopic (exact) mass is 278 g/mol. The molecule has 0 fully saturated rings. The molecule has 2 rings (SSSR count). The molecule has 0 spiro atoms. The minimum atomic E-state index is -0.964. The fourth-order valence-corrected chi connectivity index (χ4v) is 1.78. The molecule has 0 amide bonds. The fourth-order valence-electron chi connectivity index (χ4n) is 1.78. The molecule has 0 saturated heterocycles. The standard InChI is InChI=1S/C15H12F2O3/c16-12-5-6-13(17)14(8-12)20-9-11-4-2-1-3-10(11)7-15(18)19/h1-6,8H,7,9H2,(H,18,19). The zero-order chi connectivity index (χ0) is 14.5. The third-order valence-corrected chi connectivity index (χ3v) is 2.74. The van der Waals surface area contributed by atoms with E-state index in [-0.39, 0.29) is 18.8 Å². The molecule has 2 aromatic carbocycles. The third-order valence-electron chi connectivity index (χ3n) is 2.74. The minimum absolute atomic E-state index is 0.0240. The summed E-state index contributed by atoms with van der Waals surface area (Å²) in [5.41, 5.74) is 1.20. The molecule has 0 unspecified atom stereocenters. The van der Waals surface area contributed by atoms with Crippen LogP contribution >= 0.6 is 0 Å². The van der Waals surface area contributed by atoms with E-state index in [1.165, 1.54) is 0 Å². The van der Waals surface area contributed by atoms with Crippen molar-refractivity contribution in [2.75, 3.05) is 0 Å².